The van der Waals surface area contributed by atoms with Crippen LogP contribution in [0, 0.1) is 6.92 Å². The summed E-state index contributed by atoms with van der Waals surface area (Å²) in [5.41, 5.74) is 2.45. The maximum Gasteiger partial charge on any atom is 0.230 e. The summed E-state index contributed by atoms with van der Waals surface area (Å²) in [6.45, 7) is 2.80. The lowest BCUT2D eigenvalue weighted by Gasteiger charge is -2.08. The first-order chi connectivity index (χ1) is 14.6. The quantitative estimate of drug-likeness (QED) is 0.378. The number of nitrogens with two attached hydrogens (primary N) is 1. The normalized spacial score (nSPS) is 10.6. The van der Waals surface area contributed by atoms with Crippen LogP contribution in [0.3, 0.4) is 0 Å². The van der Waals surface area contributed by atoms with E-state index in [1.54, 1.807) is 13.2 Å². The molecule has 0 spiro atoms. The number of carbonyl (C=O) groups excluding carboxylic acids is 1. The van der Waals surface area contributed by atoms with E-state index < -0.39 is 0 Å². The Morgan fingerprint density at radius 3 is 2.77 bits per heavy atom. The minimum atomic E-state index is -0.0780. The zero-order valence-corrected chi connectivity index (χ0v) is 17.8. The van der Waals surface area contributed by atoms with Gasteiger partial charge >= 0.3 is 0 Å². The Morgan fingerprint density at radius 2 is 1.97 bits per heavy atom. The summed E-state index contributed by atoms with van der Waals surface area (Å²) in [7, 11) is 1.60. The molecule has 30 heavy (non-hydrogen) atoms. The summed E-state index contributed by atoms with van der Waals surface area (Å²) in [6, 6.07) is 15.4. The van der Waals surface area contributed by atoms with Crippen molar-refractivity contribution in [2.45, 2.75) is 25.1 Å². The second-order valence-corrected chi connectivity index (χ2v) is 7.49. The highest BCUT2D eigenvalue weighted by Crippen LogP contribution is 2.20. The molecule has 0 atom stereocenters. The highest BCUT2D eigenvalue weighted by molar-refractivity contribution is 7.99. The summed E-state index contributed by atoms with van der Waals surface area (Å²) < 4.78 is 12.2. The first-order valence-corrected chi connectivity index (χ1v) is 10.5. The average molecular weight is 428 g/mol. The van der Waals surface area contributed by atoms with Gasteiger partial charge in [-0.15, -0.1) is 10.2 Å². The number of nitrogens with one attached hydrogen (secondary N) is 1. The second-order valence-electron chi connectivity index (χ2n) is 6.55. The van der Waals surface area contributed by atoms with E-state index >= 15 is 0 Å². The SMILES string of the molecule is COc1cccc(OCc2nnc(SCC(=O)NCCc3ccccc3C)n2N)c1. The Morgan fingerprint density at radius 1 is 1.17 bits per heavy atom. The summed E-state index contributed by atoms with van der Waals surface area (Å²) in [4.78, 5) is 12.1. The molecule has 1 amide bonds. The van der Waals surface area contributed by atoms with E-state index in [0.29, 0.717) is 29.0 Å². The number of rotatable bonds is 10. The molecule has 0 saturated carbocycles. The van der Waals surface area contributed by atoms with Crippen molar-refractivity contribution in [3.63, 3.8) is 0 Å². The highest BCUT2D eigenvalue weighted by atomic mass is 32.2. The summed E-state index contributed by atoms with van der Waals surface area (Å²) in [6.07, 6.45) is 0.794. The molecule has 0 aliphatic rings. The maximum atomic E-state index is 12.1. The van der Waals surface area contributed by atoms with E-state index in [2.05, 4.69) is 34.6 Å². The Kier molecular flexibility index (Phi) is 7.56. The van der Waals surface area contributed by atoms with Gasteiger partial charge in [0.2, 0.25) is 11.1 Å². The molecule has 3 N–H and O–H groups in total. The molecule has 8 nitrogen and oxygen atoms in total. The predicted molar refractivity (Wildman–Crippen MR) is 116 cm³/mol. The molecule has 1 aromatic heterocycles. The Balaban J connectivity index is 1.44. The molecule has 0 bridgehead atoms. The topological polar surface area (TPSA) is 104 Å². The van der Waals surface area contributed by atoms with Crippen molar-refractivity contribution < 1.29 is 14.3 Å². The Labute approximate surface area is 179 Å². The number of amides is 1. The van der Waals surface area contributed by atoms with E-state index in [0.717, 1.165) is 6.42 Å². The molecule has 158 valence electrons. The van der Waals surface area contributed by atoms with Gasteiger partial charge in [0.05, 0.1) is 12.9 Å². The predicted octanol–water partition coefficient (Wildman–Crippen LogP) is 2.34. The molecule has 9 heteroatoms. The molecule has 0 aliphatic carbocycles. The fraction of sp³-hybridized carbons (Fsp3) is 0.286. The number of thioether (sulfide) groups is 1. The zero-order valence-electron chi connectivity index (χ0n) is 17.0. The summed E-state index contributed by atoms with van der Waals surface area (Å²) in [5, 5.41) is 11.5. The molecule has 0 fully saturated rings. The first-order valence-electron chi connectivity index (χ1n) is 9.47. The van der Waals surface area contributed by atoms with Gasteiger partial charge in [-0.3, -0.25) is 4.79 Å². The third-order valence-electron chi connectivity index (χ3n) is 4.45. The van der Waals surface area contributed by atoms with Crippen LogP contribution in [-0.4, -0.2) is 40.2 Å². The van der Waals surface area contributed by atoms with E-state index in [9.17, 15) is 4.79 Å². The van der Waals surface area contributed by atoms with Gasteiger partial charge in [-0.1, -0.05) is 42.1 Å². The van der Waals surface area contributed by atoms with Crippen molar-refractivity contribution in [2.75, 3.05) is 25.3 Å². The van der Waals surface area contributed by atoms with Crippen LogP contribution in [0.2, 0.25) is 0 Å². The van der Waals surface area contributed by atoms with E-state index in [1.165, 1.54) is 27.6 Å². The van der Waals surface area contributed by atoms with Crippen LogP contribution in [0.1, 0.15) is 17.0 Å². The van der Waals surface area contributed by atoms with Gasteiger partial charge in [-0.05, 0) is 36.6 Å². The minimum absolute atomic E-state index is 0.0780. The highest BCUT2D eigenvalue weighted by Gasteiger charge is 2.13. The maximum absolute atomic E-state index is 12.1. The van der Waals surface area contributed by atoms with Crippen molar-refractivity contribution in [1.29, 1.82) is 0 Å². The van der Waals surface area contributed by atoms with Crippen LogP contribution in [-0.2, 0) is 17.8 Å². The van der Waals surface area contributed by atoms with Gasteiger partial charge in [-0.25, -0.2) is 4.68 Å². The number of benzene rings is 2. The molecule has 3 aromatic rings. The number of aromatic nitrogens is 3. The molecule has 2 aromatic carbocycles. The van der Waals surface area contributed by atoms with Crippen LogP contribution in [0.4, 0.5) is 0 Å². The van der Waals surface area contributed by atoms with Crippen molar-refractivity contribution in [3.05, 3.63) is 65.5 Å². The van der Waals surface area contributed by atoms with Crippen LogP contribution in [0.25, 0.3) is 0 Å². The fourth-order valence-electron chi connectivity index (χ4n) is 2.75. The van der Waals surface area contributed by atoms with Crippen LogP contribution >= 0.6 is 11.8 Å². The lowest BCUT2D eigenvalue weighted by molar-refractivity contribution is -0.118. The molecule has 0 saturated heterocycles. The first kappa shape index (κ1) is 21.5. The van der Waals surface area contributed by atoms with Crippen LogP contribution in [0.5, 0.6) is 11.5 Å². The number of carbonyl (C=O) groups is 1. The molecule has 0 aliphatic heterocycles. The number of hydrogen-bond donors (Lipinski definition) is 2. The lowest BCUT2D eigenvalue weighted by Crippen LogP contribution is -2.27. The van der Waals surface area contributed by atoms with E-state index in [4.69, 9.17) is 15.3 Å². The molecular weight excluding hydrogens is 402 g/mol. The largest absolute Gasteiger partial charge is 0.497 e. The monoisotopic (exact) mass is 427 g/mol. The van der Waals surface area contributed by atoms with E-state index in [1.807, 2.05) is 30.3 Å². The third-order valence-corrected chi connectivity index (χ3v) is 5.40. The van der Waals surface area contributed by atoms with Crippen molar-refractivity contribution >= 4 is 17.7 Å². The second kappa shape index (κ2) is 10.5. The van der Waals surface area contributed by atoms with Crippen molar-refractivity contribution in [2.24, 2.45) is 0 Å². The minimum Gasteiger partial charge on any atom is -0.497 e. The number of ether oxygens (including phenoxy) is 2. The van der Waals surface area contributed by atoms with Crippen LogP contribution in [0.15, 0.2) is 53.7 Å². The van der Waals surface area contributed by atoms with Gasteiger partial charge in [0, 0.05) is 12.6 Å². The molecular formula is C21H25N5O3S. The number of nitrogens with zero attached hydrogens (tertiary/aromatic N) is 3. The molecule has 0 unspecified atom stereocenters. The zero-order chi connectivity index (χ0) is 21.3. The lowest BCUT2D eigenvalue weighted by atomic mass is 10.1. The molecule has 3 rings (SSSR count). The standard InChI is InChI=1S/C21H25N5O3S/c1-15-6-3-4-7-16(15)10-11-23-20(27)14-30-21-25-24-19(26(21)22)13-29-18-9-5-8-17(12-18)28-2/h3-9,12H,10-11,13-14,22H2,1-2H3,(H,23,27). The van der Waals surface area contributed by atoms with Gasteiger partial charge in [-0.2, -0.15) is 0 Å². The smallest absolute Gasteiger partial charge is 0.230 e. The Bertz CT molecular complexity index is 992. The fourth-order valence-corrected chi connectivity index (χ4v) is 3.46. The molecule has 1 heterocycles. The third kappa shape index (κ3) is 5.90. The van der Waals surface area contributed by atoms with Gasteiger partial charge in [0.25, 0.3) is 0 Å². The molecule has 0 radical (unpaired) electrons. The average Bonchev–Trinajstić information content (AvgIpc) is 3.11. The van der Waals surface area contributed by atoms with Gasteiger partial charge in [0.15, 0.2) is 5.82 Å². The number of methoxy groups -OCH3 is 1. The van der Waals surface area contributed by atoms with Crippen LogP contribution < -0.4 is 20.6 Å². The van der Waals surface area contributed by atoms with Gasteiger partial charge < -0.3 is 20.6 Å². The summed E-state index contributed by atoms with van der Waals surface area (Å²) in [5.74, 6) is 7.96. The van der Waals surface area contributed by atoms with Crippen molar-refractivity contribution in [3.8, 4) is 11.5 Å². The van der Waals surface area contributed by atoms with Gasteiger partial charge in [0.1, 0.15) is 18.1 Å². The van der Waals surface area contributed by atoms with Crippen molar-refractivity contribution in [1.82, 2.24) is 20.2 Å². The summed E-state index contributed by atoms with van der Waals surface area (Å²) >= 11 is 1.23. The number of nitrogen functional groups attached to an aromatic ring is 1. The number of hydrogen-bond acceptors (Lipinski definition) is 7. The van der Waals surface area contributed by atoms with E-state index in [-0.39, 0.29) is 18.3 Å². The number of aryl methyl sites for hydroxylation is 1. The Hall–Kier alpha value is -3.20.